The third-order valence-electron chi connectivity index (χ3n) is 18.7. The van der Waals surface area contributed by atoms with E-state index >= 15 is 0 Å². The third-order valence-corrected chi connectivity index (χ3v) is 18.7. The molecule has 0 spiro atoms. The molecule has 91 heavy (non-hydrogen) atoms. The molecule has 0 fully saturated rings. The number of pyridine rings is 1. The van der Waals surface area contributed by atoms with Crippen molar-refractivity contribution in [3.05, 3.63) is 266 Å². The second kappa shape index (κ2) is 21.4. The normalized spacial score (nSPS) is 12.4. The second-order valence-electron chi connectivity index (χ2n) is 27.6. The van der Waals surface area contributed by atoms with Crippen LogP contribution in [-0.4, -0.2) is 28.3 Å². The molecule has 0 atom stereocenters. The molecule has 0 radical (unpaired) electrons. The van der Waals surface area contributed by atoms with Crippen LogP contribution < -0.4 is 0 Å². The Kier molecular flexibility index (Phi) is 13.5. The molecule has 17 aromatic rings. The van der Waals surface area contributed by atoms with Crippen molar-refractivity contribution in [2.45, 2.75) is 78.6 Å². The van der Waals surface area contributed by atoms with E-state index in [0.717, 1.165) is 137 Å². The number of imidazole rings is 1. The molecule has 0 aliphatic heterocycles. The molecule has 6 aromatic heterocycles. The largest absolute Gasteiger partial charge is 0.507 e. The van der Waals surface area contributed by atoms with Gasteiger partial charge in [0, 0.05) is 76.4 Å². The number of phenols is 1. The first kappa shape index (κ1) is 57.6. The fourth-order valence-electron chi connectivity index (χ4n) is 13.9. The molecular formula is C84H68N5OPt-. The first-order valence-electron chi connectivity index (χ1n) is 31.3. The second-order valence-corrected chi connectivity index (χ2v) is 27.6. The van der Waals surface area contributed by atoms with Crippen LogP contribution in [0.1, 0.15) is 79.0 Å². The van der Waals surface area contributed by atoms with E-state index in [9.17, 15) is 5.11 Å². The fraction of sp³-hybridized carbons (Fsp3) is 0.143. The summed E-state index contributed by atoms with van der Waals surface area (Å²) in [4.78, 5) is 11.1. The quantitative estimate of drug-likeness (QED) is 0.179. The first-order valence-corrected chi connectivity index (χ1v) is 31.3. The molecule has 0 aliphatic rings. The Labute approximate surface area is 543 Å². The zero-order valence-electron chi connectivity index (χ0n) is 52.6. The van der Waals surface area contributed by atoms with Crippen LogP contribution in [0.4, 0.5) is 0 Å². The van der Waals surface area contributed by atoms with Gasteiger partial charge in [-0.05, 0) is 126 Å². The maximum Gasteiger partial charge on any atom is 0.148 e. The molecule has 6 nitrogen and oxygen atoms in total. The van der Waals surface area contributed by atoms with Gasteiger partial charge in [-0.2, -0.15) is 0 Å². The van der Waals surface area contributed by atoms with Gasteiger partial charge >= 0.3 is 0 Å². The van der Waals surface area contributed by atoms with Gasteiger partial charge in [-0.15, -0.1) is 23.6 Å². The minimum Gasteiger partial charge on any atom is -0.507 e. The molecule has 12 bridgehead atoms. The maximum absolute atomic E-state index is 13.1. The van der Waals surface area contributed by atoms with Gasteiger partial charge < -0.3 is 13.9 Å². The van der Waals surface area contributed by atoms with E-state index < -0.39 is 5.41 Å². The molecule has 0 amide bonds. The summed E-state index contributed by atoms with van der Waals surface area (Å²) in [6.07, 6.45) is 1.91. The van der Waals surface area contributed by atoms with Gasteiger partial charge in [0.25, 0.3) is 0 Å². The van der Waals surface area contributed by atoms with Crippen molar-refractivity contribution < 1.29 is 26.2 Å². The molecule has 0 saturated heterocycles. The Bertz CT molecular complexity index is 5850. The summed E-state index contributed by atoms with van der Waals surface area (Å²) < 4.78 is 7.21. The van der Waals surface area contributed by atoms with Gasteiger partial charge in [-0.3, -0.25) is 9.38 Å². The summed E-state index contributed by atoms with van der Waals surface area (Å²) in [6.45, 7) is 20.1. The number of aromatic hydroxyl groups is 1. The number of rotatable bonds is 3. The van der Waals surface area contributed by atoms with Gasteiger partial charge in [0.15, 0.2) is 0 Å². The van der Waals surface area contributed by atoms with Crippen molar-refractivity contribution in [2.24, 2.45) is 0 Å². The average molecular weight is 1360 g/mol. The molecular weight excluding hydrogens is 1290 g/mol. The third kappa shape index (κ3) is 9.57. The fourth-order valence-corrected chi connectivity index (χ4v) is 13.9. The Morgan fingerprint density at radius 2 is 1.01 bits per heavy atom. The van der Waals surface area contributed by atoms with Gasteiger partial charge in [-0.25, -0.2) is 4.98 Å². The van der Waals surface area contributed by atoms with Gasteiger partial charge in [0.2, 0.25) is 0 Å². The van der Waals surface area contributed by atoms with Gasteiger partial charge in [-0.1, -0.05) is 237 Å². The van der Waals surface area contributed by atoms with Crippen molar-refractivity contribution in [1.29, 1.82) is 0 Å². The monoisotopic (exact) mass is 1360 g/mol. The molecule has 7 heteroatoms. The van der Waals surface area contributed by atoms with Crippen LogP contribution >= 0.6 is 0 Å². The van der Waals surface area contributed by atoms with Gasteiger partial charge in [0.1, 0.15) is 11.6 Å². The van der Waals surface area contributed by atoms with Crippen LogP contribution in [0.2, 0.25) is 0 Å². The van der Waals surface area contributed by atoms with E-state index in [1.54, 1.807) is 0 Å². The zero-order valence-corrected chi connectivity index (χ0v) is 54.9. The topological polar surface area (TPSA) is 59.2 Å². The van der Waals surface area contributed by atoms with E-state index in [1.807, 2.05) is 6.20 Å². The Hall–Kier alpha value is -9.87. The molecule has 446 valence electrons. The van der Waals surface area contributed by atoms with E-state index in [4.69, 9.17) is 9.97 Å². The van der Waals surface area contributed by atoms with Crippen molar-refractivity contribution in [3.63, 3.8) is 0 Å². The SMILES string of the molecule is CC(C)(C)c1cc(-c2nc3c4cccc3n2c2ccc(C(C)(C)C)cc2c2cccc(c2)n2c3ccccc3c3ccc(cc32)c2ccc(cc2)c2cccc3c5ccccc5n(c5cc(-c6cc(-c7ccccc7)ccn6)[c-]c4c5)c23)c(O)c(C(C)(C)C)c1.[Pt]. The minimum absolute atomic E-state index is 0. The number of hydrogen-bond acceptors (Lipinski definition) is 3. The van der Waals surface area contributed by atoms with Crippen molar-refractivity contribution >= 4 is 114 Å². The Balaban J connectivity index is 0.00000689. The number of para-hydroxylation sites is 4. The maximum atomic E-state index is 13.1. The minimum atomic E-state index is -0.401. The summed E-state index contributed by atoms with van der Waals surface area (Å²) >= 11 is 0. The predicted molar refractivity (Wildman–Crippen MR) is 381 cm³/mol. The standard InChI is InChI=1S/C84H68N5O.Pt/c1-82(2,3)59-37-39-75-69(48-59)56-22-17-23-61(43-56)87-73-29-15-13-24-65(73)67-38-36-54(47-77(67)87)52-32-34-53(35-33-52)64-27-18-28-68-66-25-14-16-30-74(66)88(79(64)68)62-44-57(42-58(45-62)72-46-55(40-41-85-72)51-20-11-10-12-21-51)63-26-19-31-76-78(63)86-81(89(75)76)70-49-60(83(4,5)6)50-71(80(70)90)84(7,8)9;/h10-41,43-50,90H,1-9H3;/q-1;. The van der Waals surface area contributed by atoms with Crippen LogP contribution in [0, 0.1) is 6.07 Å². The number of hydrogen-bond donors (Lipinski definition) is 1. The first-order chi connectivity index (χ1) is 43.4. The number of benzene rings is 11. The van der Waals surface area contributed by atoms with E-state index in [1.165, 1.54) is 16.3 Å². The smallest absolute Gasteiger partial charge is 0.148 e. The molecule has 0 saturated carbocycles. The zero-order chi connectivity index (χ0) is 61.5. The van der Waals surface area contributed by atoms with Crippen LogP contribution in [0.3, 0.4) is 0 Å². The molecule has 6 heterocycles. The Morgan fingerprint density at radius 3 is 1.77 bits per heavy atom. The molecule has 17 rings (SSSR count). The van der Waals surface area contributed by atoms with Crippen molar-refractivity contribution in [1.82, 2.24) is 23.2 Å². The molecule has 0 unspecified atom stereocenters. The summed E-state index contributed by atoms with van der Waals surface area (Å²) in [5.74, 6) is 0.863. The van der Waals surface area contributed by atoms with Crippen LogP contribution in [-0.2, 0) is 37.3 Å². The molecule has 0 aliphatic carbocycles. The van der Waals surface area contributed by atoms with Crippen molar-refractivity contribution in [2.75, 3.05) is 0 Å². The van der Waals surface area contributed by atoms with E-state index in [-0.39, 0.29) is 37.6 Å². The number of phenolic OH excluding ortho intramolecular Hbond substituents is 1. The van der Waals surface area contributed by atoms with Crippen LogP contribution in [0.15, 0.2) is 243 Å². The van der Waals surface area contributed by atoms with E-state index in [0.29, 0.717) is 11.4 Å². The summed E-state index contributed by atoms with van der Waals surface area (Å²) in [6, 6.07) is 90.6. The van der Waals surface area contributed by atoms with Gasteiger partial charge in [0.05, 0.1) is 44.2 Å². The van der Waals surface area contributed by atoms with Crippen molar-refractivity contribution in [3.8, 4) is 39.5 Å². The number of fused-ring (bicyclic) bond motifs is 6. The average Bonchev–Trinajstić information content (AvgIpc) is 1.66. The Morgan fingerprint density at radius 1 is 0.385 bits per heavy atom. The van der Waals surface area contributed by atoms with Crippen LogP contribution in [0.25, 0.3) is 148 Å². The van der Waals surface area contributed by atoms with E-state index in [2.05, 4.69) is 318 Å². The molecule has 1 N–H and O–H groups in total. The summed E-state index contributed by atoms with van der Waals surface area (Å²) in [7, 11) is 0. The molecule has 11 aromatic carbocycles. The summed E-state index contributed by atoms with van der Waals surface area (Å²) in [5.41, 5.74) is 15.9. The predicted octanol–water partition coefficient (Wildman–Crippen LogP) is 22.3. The number of nitrogens with zero attached hydrogens (tertiary/aromatic N) is 5. The van der Waals surface area contributed by atoms with Crippen LogP contribution in [0.5, 0.6) is 5.75 Å². The number of aromatic nitrogens is 5. The summed E-state index contributed by atoms with van der Waals surface area (Å²) in [5, 5.41) is 26.2.